The molecular formula is C17H18N4O2. The second-order valence-electron chi connectivity index (χ2n) is 5.47. The van der Waals surface area contributed by atoms with E-state index < -0.39 is 0 Å². The average molecular weight is 310 g/mol. The Morgan fingerprint density at radius 2 is 1.83 bits per heavy atom. The summed E-state index contributed by atoms with van der Waals surface area (Å²) in [7, 11) is 0. The van der Waals surface area contributed by atoms with Crippen molar-refractivity contribution in [3.63, 3.8) is 0 Å². The summed E-state index contributed by atoms with van der Waals surface area (Å²) in [6, 6.07) is 8.73. The van der Waals surface area contributed by atoms with E-state index in [0.717, 1.165) is 11.4 Å². The molecule has 0 spiro atoms. The van der Waals surface area contributed by atoms with Gasteiger partial charge in [-0.1, -0.05) is 13.8 Å². The molecule has 0 aliphatic rings. The van der Waals surface area contributed by atoms with Gasteiger partial charge in [0.2, 0.25) is 0 Å². The van der Waals surface area contributed by atoms with Crippen molar-refractivity contribution in [1.29, 1.82) is 10.5 Å². The van der Waals surface area contributed by atoms with Crippen LogP contribution in [-0.4, -0.2) is 21.5 Å². The Bertz CT molecular complexity index is 762. The van der Waals surface area contributed by atoms with Crippen LogP contribution in [-0.2, 0) is 6.54 Å². The summed E-state index contributed by atoms with van der Waals surface area (Å²) < 4.78 is 7.64. The second-order valence-corrected chi connectivity index (χ2v) is 5.47. The number of aliphatic hydroxyl groups excluding tert-OH is 1. The fraction of sp³-hybridized carbons (Fsp3) is 0.353. The highest BCUT2D eigenvalue weighted by atomic mass is 16.5. The van der Waals surface area contributed by atoms with Gasteiger partial charge in [0, 0.05) is 5.92 Å². The van der Waals surface area contributed by atoms with E-state index in [9.17, 15) is 0 Å². The molecule has 0 unspecified atom stereocenters. The minimum Gasteiger partial charge on any atom is -0.453 e. The van der Waals surface area contributed by atoms with Gasteiger partial charge in [0.15, 0.2) is 5.75 Å². The average Bonchev–Trinajstić information content (AvgIpc) is 2.84. The molecule has 1 aromatic heterocycles. The van der Waals surface area contributed by atoms with Crippen LogP contribution >= 0.6 is 0 Å². The first-order valence-corrected chi connectivity index (χ1v) is 7.31. The third-order valence-corrected chi connectivity index (χ3v) is 3.42. The van der Waals surface area contributed by atoms with E-state index in [1.165, 1.54) is 6.07 Å². The summed E-state index contributed by atoms with van der Waals surface area (Å²) in [4.78, 5) is 0. The molecule has 2 rings (SSSR count). The Morgan fingerprint density at radius 3 is 2.30 bits per heavy atom. The van der Waals surface area contributed by atoms with Crippen molar-refractivity contribution in [3.05, 3.63) is 40.7 Å². The molecule has 0 saturated carbocycles. The fourth-order valence-electron chi connectivity index (χ4n) is 2.27. The van der Waals surface area contributed by atoms with Crippen LogP contribution in [0.2, 0.25) is 0 Å². The van der Waals surface area contributed by atoms with Crippen molar-refractivity contribution >= 4 is 0 Å². The molecule has 0 fully saturated rings. The highest BCUT2D eigenvalue weighted by Crippen LogP contribution is 2.33. The Morgan fingerprint density at radius 1 is 1.22 bits per heavy atom. The number of aromatic nitrogens is 2. The van der Waals surface area contributed by atoms with Crippen LogP contribution in [0.1, 0.15) is 42.3 Å². The van der Waals surface area contributed by atoms with Gasteiger partial charge in [-0.15, -0.1) is 0 Å². The van der Waals surface area contributed by atoms with E-state index >= 15 is 0 Å². The Hall–Kier alpha value is -2.83. The van der Waals surface area contributed by atoms with Gasteiger partial charge in [0.1, 0.15) is 11.4 Å². The molecule has 118 valence electrons. The zero-order chi connectivity index (χ0) is 17.0. The highest BCUT2D eigenvalue weighted by molar-refractivity contribution is 5.48. The summed E-state index contributed by atoms with van der Waals surface area (Å²) in [6.07, 6.45) is 0. The van der Waals surface area contributed by atoms with Crippen molar-refractivity contribution < 1.29 is 9.84 Å². The summed E-state index contributed by atoms with van der Waals surface area (Å²) in [5.74, 6) is 1.17. The number of rotatable bonds is 5. The molecule has 0 amide bonds. The largest absolute Gasteiger partial charge is 0.453 e. The normalized spacial score (nSPS) is 10.4. The SMILES string of the molecule is Cc1c(Oc2cc(C#N)cc(C#N)c2)c(C(C)C)nn1CCO. The molecule has 0 atom stereocenters. The van der Waals surface area contributed by atoms with Crippen LogP contribution in [0.25, 0.3) is 0 Å². The first-order valence-electron chi connectivity index (χ1n) is 7.31. The molecule has 0 aliphatic heterocycles. The van der Waals surface area contributed by atoms with E-state index in [-0.39, 0.29) is 12.5 Å². The molecule has 1 N–H and O–H groups in total. The molecule has 2 aromatic rings. The van der Waals surface area contributed by atoms with Gasteiger partial charge >= 0.3 is 0 Å². The number of aliphatic hydroxyl groups is 1. The number of nitriles is 2. The van der Waals surface area contributed by atoms with E-state index in [1.807, 2.05) is 32.9 Å². The predicted octanol–water partition coefficient (Wildman–Crippen LogP) is 2.84. The van der Waals surface area contributed by atoms with Crippen molar-refractivity contribution in [2.45, 2.75) is 33.2 Å². The van der Waals surface area contributed by atoms with Crippen LogP contribution < -0.4 is 4.74 Å². The monoisotopic (exact) mass is 310 g/mol. The van der Waals surface area contributed by atoms with Gasteiger partial charge in [-0.05, 0) is 25.1 Å². The van der Waals surface area contributed by atoms with Crippen molar-refractivity contribution in [1.82, 2.24) is 9.78 Å². The Balaban J connectivity index is 2.48. The number of nitrogens with zero attached hydrogens (tertiary/aromatic N) is 4. The zero-order valence-corrected chi connectivity index (χ0v) is 13.4. The van der Waals surface area contributed by atoms with Crippen molar-refractivity contribution in [2.75, 3.05) is 6.61 Å². The van der Waals surface area contributed by atoms with E-state index in [1.54, 1.807) is 16.8 Å². The molecule has 6 nitrogen and oxygen atoms in total. The van der Waals surface area contributed by atoms with Crippen LogP contribution in [0.15, 0.2) is 18.2 Å². The van der Waals surface area contributed by atoms with Crippen LogP contribution in [0.3, 0.4) is 0 Å². The van der Waals surface area contributed by atoms with Crippen LogP contribution in [0.4, 0.5) is 0 Å². The third kappa shape index (κ3) is 3.50. The van der Waals surface area contributed by atoms with Gasteiger partial charge in [-0.3, -0.25) is 4.68 Å². The van der Waals surface area contributed by atoms with Crippen LogP contribution in [0.5, 0.6) is 11.5 Å². The number of benzene rings is 1. The minimum atomic E-state index is -0.0119. The zero-order valence-electron chi connectivity index (χ0n) is 13.4. The van der Waals surface area contributed by atoms with Crippen molar-refractivity contribution in [2.24, 2.45) is 0 Å². The van der Waals surface area contributed by atoms with E-state index in [0.29, 0.717) is 29.2 Å². The maximum atomic E-state index is 9.14. The number of ether oxygens (including phenoxy) is 1. The Labute approximate surface area is 135 Å². The molecule has 0 aliphatic carbocycles. The van der Waals surface area contributed by atoms with E-state index in [2.05, 4.69) is 5.10 Å². The number of hydrogen-bond donors (Lipinski definition) is 1. The summed E-state index contributed by atoms with van der Waals surface area (Å²) >= 11 is 0. The Kier molecular flexibility index (Phi) is 5.00. The van der Waals surface area contributed by atoms with Gasteiger partial charge in [0.05, 0.1) is 42.1 Å². The first kappa shape index (κ1) is 16.5. The topological polar surface area (TPSA) is 94.9 Å². The maximum Gasteiger partial charge on any atom is 0.171 e. The molecule has 1 aromatic carbocycles. The van der Waals surface area contributed by atoms with Gasteiger partial charge in [-0.2, -0.15) is 15.6 Å². The lowest BCUT2D eigenvalue weighted by atomic mass is 10.1. The third-order valence-electron chi connectivity index (χ3n) is 3.42. The smallest absolute Gasteiger partial charge is 0.171 e. The van der Waals surface area contributed by atoms with Gasteiger partial charge in [0.25, 0.3) is 0 Å². The lowest BCUT2D eigenvalue weighted by Gasteiger charge is -2.09. The molecule has 0 saturated heterocycles. The molecule has 6 heteroatoms. The van der Waals surface area contributed by atoms with Gasteiger partial charge in [-0.25, -0.2) is 0 Å². The van der Waals surface area contributed by atoms with Gasteiger partial charge < -0.3 is 9.84 Å². The molecule has 0 radical (unpaired) electrons. The highest BCUT2D eigenvalue weighted by Gasteiger charge is 2.19. The molecule has 1 heterocycles. The van der Waals surface area contributed by atoms with E-state index in [4.69, 9.17) is 20.4 Å². The quantitative estimate of drug-likeness (QED) is 0.916. The number of hydrogen-bond acceptors (Lipinski definition) is 5. The van der Waals surface area contributed by atoms with Crippen LogP contribution in [0, 0.1) is 29.6 Å². The lowest BCUT2D eigenvalue weighted by Crippen LogP contribution is -2.06. The maximum absolute atomic E-state index is 9.14. The minimum absolute atomic E-state index is 0.0119. The first-order chi connectivity index (χ1) is 11.0. The fourth-order valence-corrected chi connectivity index (χ4v) is 2.27. The standard InChI is InChI=1S/C17H18N4O2/c1-11(2)16-17(12(3)21(20-16)4-5-22)23-15-7-13(9-18)6-14(8-15)10-19/h6-8,11,22H,4-5H2,1-3H3. The lowest BCUT2D eigenvalue weighted by molar-refractivity contribution is 0.267. The molecule has 23 heavy (non-hydrogen) atoms. The molecule has 0 bridgehead atoms. The summed E-state index contributed by atoms with van der Waals surface area (Å²) in [5.41, 5.74) is 2.30. The van der Waals surface area contributed by atoms with Crippen molar-refractivity contribution in [3.8, 4) is 23.6 Å². The summed E-state index contributed by atoms with van der Waals surface area (Å²) in [6.45, 7) is 6.25. The molecular weight excluding hydrogens is 292 g/mol. The summed E-state index contributed by atoms with van der Waals surface area (Å²) in [5, 5.41) is 31.7. The predicted molar refractivity (Wildman–Crippen MR) is 84.1 cm³/mol. The second kappa shape index (κ2) is 6.95.